The minimum atomic E-state index is -0.0416. The molecule has 0 bridgehead atoms. The van der Waals surface area contributed by atoms with Crippen molar-refractivity contribution in [1.82, 2.24) is 0 Å². The second-order valence-corrected chi connectivity index (χ2v) is 6.01. The molecule has 0 saturated heterocycles. The Morgan fingerprint density at radius 2 is 1.92 bits per heavy atom. The van der Waals surface area contributed by atoms with Gasteiger partial charge in [0, 0.05) is 22.7 Å². The van der Waals surface area contributed by atoms with Gasteiger partial charge in [0.25, 0.3) is 0 Å². The highest BCUT2D eigenvalue weighted by molar-refractivity contribution is 6.31. The van der Waals surface area contributed by atoms with E-state index in [4.69, 9.17) is 16.3 Å². The summed E-state index contributed by atoms with van der Waals surface area (Å²) in [5.41, 5.74) is 3.98. The zero-order valence-corrected chi connectivity index (χ0v) is 15.2. The average Bonchev–Trinajstić information content (AvgIpc) is 2.61. The highest BCUT2D eigenvalue weighted by Gasteiger charge is 2.11. The molecule has 24 heavy (non-hydrogen) atoms. The third-order valence-corrected chi connectivity index (χ3v) is 4.35. The van der Waals surface area contributed by atoms with Gasteiger partial charge in [-0.1, -0.05) is 50.6 Å². The number of nitrogens with one attached hydrogen (secondary N) is 1. The number of hydrogen-bond donors (Lipinski definition) is 1. The smallest absolute Gasteiger partial charge is 0.224 e. The fourth-order valence-electron chi connectivity index (χ4n) is 2.48. The van der Waals surface area contributed by atoms with E-state index < -0.39 is 0 Å². The van der Waals surface area contributed by atoms with Crippen LogP contribution >= 0.6 is 11.6 Å². The summed E-state index contributed by atoms with van der Waals surface area (Å²) in [7, 11) is 0. The maximum absolute atomic E-state index is 11.7. The lowest BCUT2D eigenvalue weighted by Gasteiger charge is -2.15. The summed E-state index contributed by atoms with van der Waals surface area (Å²) in [5.74, 6) is 0.822. The molecule has 0 unspecified atom stereocenters. The van der Waals surface area contributed by atoms with Crippen LogP contribution in [0, 0.1) is 0 Å². The molecule has 0 spiro atoms. The number of carbonyl (C=O) groups excluding carboxylic acids is 1. The summed E-state index contributed by atoms with van der Waals surface area (Å²) in [6.07, 6.45) is 2.33. The quantitative estimate of drug-likeness (QED) is 0.730. The Bertz CT molecular complexity index is 713. The molecule has 1 amide bonds. The molecule has 1 N–H and O–H groups in total. The van der Waals surface area contributed by atoms with E-state index in [0.29, 0.717) is 23.7 Å². The van der Waals surface area contributed by atoms with Crippen LogP contribution in [0.15, 0.2) is 36.4 Å². The summed E-state index contributed by atoms with van der Waals surface area (Å²) in [6, 6.07) is 11.8. The van der Waals surface area contributed by atoms with E-state index >= 15 is 0 Å². The van der Waals surface area contributed by atoms with Crippen LogP contribution in [0.1, 0.15) is 43.9 Å². The molecule has 0 radical (unpaired) electrons. The van der Waals surface area contributed by atoms with E-state index in [0.717, 1.165) is 24.2 Å². The van der Waals surface area contributed by atoms with Crippen molar-refractivity contribution >= 4 is 23.2 Å². The van der Waals surface area contributed by atoms with Gasteiger partial charge in [-0.15, -0.1) is 0 Å². The third kappa shape index (κ3) is 4.51. The predicted molar refractivity (Wildman–Crippen MR) is 99.9 cm³/mol. The van der Waals surface area contributed by atoms with Crippen molar-refractivity contribution in [1.29, 1.82) is 0 Å². The molecule has 2 rings (SSSR count). The van der Waals surface area contributed by atoms with E-state index in [1.165, 1.54) is 11.1 Å². The number of anilines is 1. The van der Waals surface area contributed by atoms with E-state index in [-0.39, 0.29) is 5.91 Å². The Balaban J connectivity index is 2.21. The first-order chi connectivity index (χ1) is 11.6. The van der Waals surface area contributed by atoms with Gasteiger partial charge in [0.05, 0.1) is 0 Å². The molecule has 0 saturated carbocycles. The fraction of sp³-hybridized carbons (Fsp3) is 0.350. The molecule has 0 atom stereocenters. The largest absolute Gasteiger partial charge is 0.488 e. The maximum Gasteiger partial charge on any atom is 0.224 e. The minimum Gasteiger partial charge on any atom is -0.488 e. The van der Waals surface area contributed by atoms with Crippen LogP contribution in [0.4, 0.5) is 5.69 Å². The molecule has 0 heterocycles. The van der Waals surface area contributed by atoms with Gasteiger partial charge in [-0.25, -0.2) is 0 Å². The first-order valence-corrected chi connectivity index (χ1v) is 8.78. The zero-order valence-electron chi connectivity index (χ0n) is 14.5. The van der Waals surface area contributed by atoms with E-state index in [9.17, 15) is 4.79 Å². The lowest BCUT2D eigenvalue weighted by Crippen LogP contribution is -2.12. The van der Waals surface area contributed by atoms with E-state index in [2.05, 4.69) is 31.3 Å². The molecule has 0 aliphatic carbocycles. The van der Waals surface area contributed by atoms with Crippen molar-refractivity contribution in [2.24, 2.45) is 0 Å². The molecule has 0 aliphatic rings. The van der Waals surface area contributed by atoms with E-state index in [1.54, 1.807) is 0 Å². The van der Waals surface area contributed by atoms with Gasteiger partial charge in [0.2, 0.25) is 5.91 Å². The molecular weight excluding hydrogens is 322 g/mol. The topological polar surface area (TPSA) is 38.3 Å². The summed E-state index contributed by atoms with van der Waals surface area (Å²) < 4.78 is 6.01. The minimum absolute atomic E-state index is 0.0416. The van der Waals surface area contributed by atoms with Crippen molar-refractivity contribution < 1.29 is 9.53 Å². The van der Waals surface area contributed by atoms with Crippen LogP contribution in [0.25, 0.3) is 0 Å². The van der Waals surface area contributed by atoms with Gasteiger partial charge in [-0.05, 0) is 42.2 Å². The first kappa shape index (κ1) is 18.3. The molecule has 128 valence electrons. The Labute approximate surface area is 149 Å². The predicted octanol–water partition coefficient (Wildman–Crippen LogP) is 5.39. The van der Waals surface area contributed by atoms with Crippen LogP contribution < -0.4 is 10.1 Å². The first-order valence-electron chi connectivity index (χ1n) is 8.40. The summed E-state index contributed by atoms with van der Waals surface area (Å²) in [6.45, 7) is 6.39. The van der Waals surface area contributed by atoms with Crippen LogP contribution in [-0.4, -0.2) is 5.91 Å². The summed E-state index contributed by atoms with van der Waals surface area (Å²) >= 11 is 6.31. The standard InChI is InChI=1S/C20H24ClNO2/c1-4-14-10-11-19(15(5-2)12-14)24-13-16-17(21)8-7-9-18(16)22-20(23)6-3/h7-12H,4-6,13H2,1-3H3,(H,22,23). The second kappa shape index (κ2) is 8.74. The lowest BCUT2D eigenvalue weighted by molar-refractivity contribution is -0.115. The van der Waals surface area contributed by atoms with Gasteiger partial charge < -0.3 is 10.1 Å². The number of ether oxygens (including phenoxy) is 1. The van der Waals surface area contributed by atoms with Gasteiger partial charge in [0.1, 0.15) is 12.4 Å². The van der Waals surface area contributed by atoms with Crippen LogP contribution in [-0.2, 0) is 24.2 Å². The molecule has 0 aliphatic heterocycles. The van der Waals surface area contributed by atoms with Crippen molar-refractivity contribution in [3.8, 4) is 5.75 Å². The van der Waals surface area contributed by atoms with Crippen molar-refractivity contribution in [2.75, 3.05) is 5.32 Å². The average molecular weight is 346 g/mol. The molecule has 0 fully saturated rings. The Hall–Kier alpha value is -2.00. The number of hydrogen-bond acceptors (Lipinski definition) is 2. The third-order valence-electron chi connectivity index (χ3n) is 4.00. The Morgan fingerprint density at radius 3 is 2.58 bits per heavy atom. The van der Waals surface area contributed by atoms with Gasteiger partial charge in [-0.3, -0.25) is 4.79 Å². The number of aryl methyl sites for hydroxylation is 2. The fourth-order valence-corrected chi connectivity index (χ4v) is 2.71. The molecule has 0 aromatic heterocycles. The Kier molecular flexibility index (Phi) is 6.68. The molecule has 4 heteroatoms. The SMILES string of the molecule is CCC(=O)Nc1cccc(Cl)c1COc1ccc(CC)cc1CC. The van der Waals surface area contributed by atoms with Crippen LogP contribution in [0.2, 0.25) is 5.02 Å². The number of amides is 1. The number of benzene rings is 2. The lowest BCUT2D eigenvalue weighted by atomic mass is 10.1. The van der Waals surface area contributed by atoms with Crippen molar-refractivity contribution in [3.05, 3.63) is 58.1 Å². The second-order valence-electron chi connectivity index (χ2n) is 5.61. The molecule has 2 aromatic carbocycles. The van der Waals surface area contributed by atoms with Gasteiger partial charge in [-0.2, -0.15) is 0 Å². The van der Waals surface area contributed by atoms with Gasteiger partial charge >= 0.3 is 0 Å². The molecule has 3 nitrogen and oxygen atoms in total. The highest BCUT2D eigenvalue weighted by Crippen LogP contribution is 2.28. The molecular formula is C20H24ClNO2. The van der Waals surface area contributed by atoms with Gasteiger partial charge in [0.15, 0.2) is 0 Å². The van der Waals surface area contributed by atoms with Crippen molar-refractivity contribution in [2.45, 2.75) is 46.6 Å². The zero-order chi connectivity index (χ0) is 17.5. The van der Waals surface area contributed by atoms with Crippen molar-refractivity contribution in [3.63, 3.8) is 0 Å². The summed E-state index contributed by atoms with van der Waals surface area (Å²) in [4.78, 5) is 11.7. The number of rotatable bonds is 7. The normalized spacial score (nSPS) is 10.5. The maximum atomic E-state index is 11.7. The monoisotopic (exact) mass is 345 g/mol. The Morgan fingerprint density at radius 1 is 1.12 bits per heavy atom. The van der Waals surface area contributed by atoms with Crippen LogP contribution in [0.3, 0.4) is 0 Å². The number of carbonyl (C=O) groups is 1. The van der Waals surface area contributed by atoms with E-state index in [1.807, 2.05) is 31.2 Å². The summed E-state index contributed by atoms with van der Waals surface area (Å²) in [5, 5.41) is 3.47. The highest BCUT2D eigenvalue weighted by atomic mass is 35.5. The molecule has 2 aromatic rings. The van der Waals surface area contributed by atoms with Crippen LogP contribution in [0.5, 0.6) is 5.75 Å². The number of halogens is 1.